The fraction of sp³-hybridized carbons (Fsp3) is 0.455. The number of ether oxygens (including phenoxy) is 2. The van der Waals surface area contributed by atoms with Crippen molar-refractivity contribution in [3.05, 3.63) is 48.4 Å². The Balaban J connectivity index is 1.30. The zero-order chi connectivity index (χ0) is 31.5. The van der Waals surface area contributed by atoms with Gasteiger partial charge in [0.25, 0.3) is 0 Å². The molecule has 2 aromatic carbocycles. The Morgan fingerprint density at radius 3 is 2.44 bits per heavy atom. The first-order valence-corrected chi connectivity index (χ1v) is 16.9. The van der Waals surface area contributed by atoms with E-state index in [4.69, 9.17) is 14.5 Å². The third-order valence-electron chi connectivity index (χ3n) is 8.74. The minimum Gasteiger partial charge on any atom is -0.508 e. The van der Waals surface area contributed by atoms with Gasteiger partial charge in [-0.25, -0.2) is 9.18 Å². The van der Waals surface area contributed by atoms with E-state index in [1.54, 1.807) is 12.3 Å². The van der Waals surface area contributed by atoms with Gasteiger partial charge < -0.3 is 19.5 Å². The number of carbonyl (C=O) groups is 1. The summed E-state index contributed by atoms with van der Waals surface area (Å²) in [4.78, 5) is 31.0. The van der Waals surface area contributed by atoms with Gasteiger partial charge in [0.1, 0.15) is 34.5 Å². The first kappa shape index (κ1) is 29.6. The highest BCUT2D eigenvalue weighted by Gasteiger charge is 2.45. The third kappa shape index (κ3) is 5.76. The van der Waals surface area contributed by atoms with Gasteiger partial charge >= 0.3 is 12.1 Å². The molecule has 45 heavy (non-hydrogen) atoms. The molecule has 3 aliphatic heterocycles. The van der Waals surface area contributed by atoms with Crippen molar-refractivity contribution in [3.8, 4) is 23.0 Å². The number of fused-ring (bicyclic) bond motifs is 4. The van der Waals surface area contributed by atoms with Crippen LogP contribution in [0.3, 0.4) is 0 Å². The molecule has 5 heterocycles. The quantitative estimate of drug-likeness (QED) is 0.308. The van der Waals surface area contributed by atoms with Crippen molar-refractivity contribution in [1.29, 1.82) is 0 Å². The van der Waals surface area contributed by atoms with Crippen LogP contribution in [-0.2, 0) is 15.5 Å². The molecule has 12 heteroatoms. The molecule has 2 unspecified atom stereocenters. The summed E-state index contributed by atoms with van der Waals surface area (Å²) in [5.41, 5.74) is -0.0239. The lowest BCUT2D eigenvalue weighted by molar-refractivity contribution is 0.0122. The molecule has 1 N–H and O–H groups in total. The number of nitrogens with zero attached hydrogens (tertiary/aromatic N) is 5. The highest BCUT2D eigenvalue weighted by molar-refractivity contribution is 7.85. The van der Waals surface area contributed by atoms with E-state index >= 15 is 4.39 Å². The number of benzene rings is 2. The molecule has 0 aliphatic carbocycles. The normalized spacial score (nSPS) is 23.5. The Hall–Kier alpha value is -4.06. The van der Waals surface area contributed by atoms with Gasteiger partial charge in [-0.05, 0) is 69.4 Å². The Morgan fingerprint density at radius 1 is 1.02 bits per heavy atom. The summed E-state index contributed by atoms with van der Waals surface area (Å²) in [6.07, 6.45) is 3.88. The predicted octanol–water partition coefficient (Wildman–Crippen LogP) is 5.57. The summed E-state index contributed by atoms with van der Waals surface area (Å²) in [6.45, 7) is 6.56. The Bertz CT molecular complexity index is 1810. The smallest absolute Gasteiger partial charge is 0.410 e. The number of piperazine rings is 1. The average molecular weight is 634 g/mol. The Labute approximate surface area is 263 Å². The second-order valence-electron chi connectivity index (χ2n) is 13.1. The van der Waals surface area contributed by atoms with Crippen molar-refractivity contribution in [3.63, 3.8) is 0 Å². The van der Waals surface area contributed by atoms with Crippen molar-refractivity contribution in [2.24, 2.45) is 0 Å². The maximum atomic E-state index is 16.6. The van der Waals surface area contributed by atoms with Crippen LogP contribution in [0.15, 0.2) is 42.6 Å². The highest BCUT2D eigenvalue weighted by Crippen LogP contribution is 2.39. The summed E-state index contributed by atoms with van der Waals surface area (Å²) in [6, 6.07) is 10.4. The van der Waals surface area contributed by atoms with Crippen LogP contribution >= 0.6 is 0 Å². The van der Waals surface area contributed by atoms with Crippen LogP contribution in [0.1, 0.15) is 46.5 Å². The Kier molecular flexibility index (Phi) is 7.50. The third-order valence-corrected chi connectivity index (χ3v) is 10.1. The summed E-state index contributed by atoms with van der Waals surface area (Å²) < 4.78 is 40.5. The minimum atomic E-state index is -0.866. The van der Waals surface area contributed by atoms with Crippen molar-refractivity contribution in [2.75, 3.05) is 29.5 Å². The first-order chi connectivity index (χ1) is 21.5. The number of anilines is 1. The SMILES string of the molecule is CC(C)(C)OC(=O)N1C2CCC1CN(c1nc(OC3CCS(=O)CC3)nc3c(F)c(-c4cc(O)cc5ccccc45)ncc13)C2. The van der Waals surface area contributed by atoms with Crippen molar-refractivity contribution in [2.45, 2.75) is 70.2 Å². The molecule has 3 fully saturated rings. The van der Waals surface area contributed by atoms with Gasteiger partial charge in [0.15, 0.2) is 5.82 Å². The second kappa shape index (κ2) is 11.4. The number of rotatable bonds is 4. The minimum absolute atomic E-state index is 0.00501. The number of hydrogen-bond acceptors (Lipinski definition) is 9. The molecule has 2 atom stereocenters. The van der Waals surface area contributed by atoms with Crippen LogP contribution in [0.5, 0.6) is 11.8 Å². The van der Waals surface area contributed by atoms with E-state index in [1.807, 2.05) is 49.9 Å². The first-order valence-electron chi connectivity index (χ1n) is 15.4. The number of halogens is 1. The topological polar surface area (TPSA) is 118 Å². The molecule has 10 nitrogen and oxygen atoms in total. The van der Waals surface area contributed by atoms with E-state index in [2.05, 4.69) is 14.9 Å². The summed E-state index contributed by atoms with van der Waals surface area (Å²) >= 11 is 0. The van der Waals surface area contributed by atoms with E-state index in [1.165, 1.54) is 6.07 Å². The van der Waals surface area contributed by atoms with Crippen LogP contribution in [-0.4, -0.2) is 83.6 Å². The van der Waals surface area contributed by atoms with Crippen LogP contribution in [0, 0.1) is 5.82 Å². The molecule has 3 saturated heterocycles. The summed E-state index contributed by atoms with van der Waals surface area (Å²) in [5, 5.41) is 12.4. The molecule has 3 aliphatic rings. The molecule has 0 saturated carbocycles. The summed E-state index contributed by atoms with van der Waals surface area (Å²) in [7, 11) is -0.866. The second-order valence-corrected chi connectivity index (χ2v) is 14.8. The fourth-order valence-corrected chi connectivity index (χ4v) is 7.98. The molecule has 0 spiro atoms. The van der Waals surface area contributed by atoms with Gasteiger partial charge in [-0.1, -0.05) is 24.3 Å². The van der Waals surface area contributed by atoms with E-state index in [0.29, 0.717) is 54.2 Å². The lowest BCUT2D eigenvalue weighted by Crippen LogP contribution is -2.57. The molecule has 2 aromatic heterocycles. The number of carbonyl (C=O) groups excluding carboxylic acids is 1. The monoisotopic (exact) mass is 633 g/mol. The molecule has 236 valence electrons. The number of pyridine rings is 1. The Morgan fingerprint density at radius 2 is 1.73 bits per heavy atom. The summed E-state index contributed by atoms with van der Waals surface area (Å²) in [5.74, 6) is 0.929. The zero-order valence-corrected chi connectivity index (χ0v) is 26.3. The number of phenolic OH excluding ortho intramolecular Hbond substituents is 1. The molecule has 2 bridgehead atoms. The number of hydrogen-bond donors (Lipinski definition) is 1. The predicted molar refractivity (Wildman–Crippen MR) is 171 cm³/mol. The standard InChI is InChI=1S/C33H36FN5O5S/c1-33(2,3)44-32(41)39-20-8-9-21(39)18-38(17-20)30-26-16-35-28(25-15-22(40)14-19-6-4-5-7-24(19)25)27(34)29(26)36-31(37-30)43-23-10-12-45(42)13-11-23/h4-7,14-16,20-21,23,40H,8-13,17-18H2,1-3H3. The molecular weight excluding hydrogens is 597 g/mol. The van der Waals surface area contributed by atoms with E-state index < -0.39 is 22.2 Å². The fourth-order valence-electron chi connectivity index (χ4n) is 6.72. The maximum Gasteiger partial charge on any atom is 0.410 e. The number of aromatic hydroxyl groups is 1. The number of phenols is 1. The van der Waals surface area contributed by atoms with Gasteiger partial charge in [-0.15, -0.1) is 0 Å². The number of amides is 1. The van der Waals surface area contributed by atoms with Crippen molar-refractivity contribution in [1.82, 2.24) is 19.9 Å². The van der Waals surface area contributed by atoms with Crippen molar-refractivity contribution >= 4 is 44.4 Å². The van der Waals surface area contributed by atoms with Gasteiger partial charge in [0.05, 0.1) is 17.5 Å². The molecule has 1 amide bonds. The highest BCUT2D eigenvalue weighted by atomic mass is 32.2. The lowest BCUT2D eigenvalue weighted by Gasteiger charge is -2.42. The van der Waals surface area contributed by atoms with Gasteiger partial charge in [-0.3, -0.25) is 14.1 Å². The zero-order valence-electron chi connectivity index (χ0n) is 25.5. The lowest BCUT2D eigenvalue weighted by atomic mass is 10.00. The van der Waals surface area contributed by atoms with Crippen LogP contribution in [0.2, 0.25) is 0 Å². The van der Waals surface area contributed by atoms with E-state index in [0.717, 1.165) is 23.6 Å². The molecular formula is C33H36FN5O5S. The van der Waals surface area contributed by atoms with Crippen LogP contribution < -0.4 is 9.64 Å². The van der Waals surface area contributed by atoms with Gasteiger partial charge in [-0.2, -0.15) is 9.97 Å². The average Bonchev–Trinajstić information content (AvgIpc) is 3.27. The molecule has 0 radical (unpaired) electrons. The van der Waals surface area contributed by atoms with E-state index in [-0.39, 0.29) is 47.3 Å². The van der Waals surface area contributed by atoms with Gasteiger partial charge in [0, 0.05) is 47.2 Å². The maximum absolute atomic E-state index is 16.6. The molecule has 7 rings (SSSR count). The van der Waals surface area contributed by atoms with Gasteiger partial charge in [0.2, 0.25) is 0 Å². The van der Waals surface area contributed by atoms with Crippen LogP contribution in [0.25, 0.3) is 32.9 Å². The largest absolute Gasteiger partial charge is 0.508 e. The molecule has 4 aromatic rings. The number of aromatic nitrogens is 3. The van der Waals surface area contributed by atoms with Crippen molar-refractivity contribution < 1.29 is 28.0 Å². The van der Waals surface area contributed by atoms with E-state index in [9.17, 15) is 14.1 Å². The van der Waals surface area contributed by atoms with Crippen LogP contribution in [0.4, 0.5) is 15.0 Å².